The van der Waals surface area contributed by atoms with Crippen LogP contribution in [0.15, 0.2) is 28.7 Å². The number of anilines is 1. The fourth-order valence-corrected chi connectivity index (χ4v) is 2.24. The van der Waals surface area contributed by atoms with Crippen LogP contribution in [0.5, 0.6) is 0 Å². The van der Waals surface area contributed by atoms with Crippen LogP contribution in [0.3, 0.4) is 0 Å². The van der Waals surface area contributed by atoms with E-state index >= 15 is 0 Å². The number of nitrogen functional groups attached to an aromatic ring is 1. The standard InChI is InChI=1S/C11H11BrClN3/c1-7-4-11(14)16(15-7)6-8-2-3-9(12)5-10(8)13/h2-5H,6,14H2,1H3. The van der Waals surface area contributed by atoms with Gasteiger partial charge in [-0.05, 0) is 24.6 Å². The first-order chi connectivity index (χ1) is 7.56. The largest absolute Gasteiger partial charge is 0.384 e. The lowest BCUT2D eigenvalue weighted by molar-refractivity contribution is 0.689. The van der Waals surface area contributed by atoms with Crippen LogP contribution in [-0.4, -0.2) is 9.78 Å². The molecule has 2 rings (SSSR count). The predicted octanol–water partition coefficient (Wildman–Crippen LogP) is 3.24. The normalized spacial score (nSPS) is 10.7. The number of rotatable bonds is 2. The third-order valence-electron chi connectivity index (χ3n) is 2.27. The van der Waals surface area contributed by atoms with E-state index in [2.05, 4.69) is 21.0 Å². The summed E-state index contributed by atoms with van der Waals surface area (Å²) in [7, 11) is 0. The molecule has 84 valence electrons. The second-order valence-electron chi connectivity index (χ2n) is 3.60. The van der Waals surface area contributed by atoms with E-state index in [0.717, 1.165) is 15.7 Å². The van der Waals surface area contributed by atoms with Gasteiger partial charge in [-0.3, -0.25) is 0 Å². The topological polar surface area (TPSA) is 43.8 Å². The van der Waals surface area contributed by atoms with Gasteiger partial charge in [0, 0.05) is 15.6 Å². The van der Waals surface area contributed by atoms with E-state index in [1.54, 1.807) is 4.68 Å². The summed E-state index contributed by atoms with van der Waals surface area (Å²) in [4.78, 5) is 0. The highest BCUT2D eigenvalue weighted by molar-refractivity contribution is 9.10. The van der Waals surface area contributed by atoms with Crippen molar-refractivity contribution < 1.29 is 0 Å². The quantitative estimate of drug-likeness (QED) is 0.925. The molecule has 3 nitrogen and oxygen atoms in total. The van der Waals surface area contributed by atoms with E-state index in [0.29, 0.717) is 17.4 Å². The fourth-order valence-electron chi connectivity index (χ4n) is 1.50. The SMILES string of the molecule is Cc1cc(N)n(Cc2ccc(Br)cc2Cl)n1. The molecule has 1 aromatic carbocycles. The smallest absolute Gasteiger partial charge is 0.122 e. The van der Waals surface area contributed by atoms with Crippen molar-refractivity contribution in [1.82, 2.24) is 9.78 Å². The van der Waals surface area contributed by atoms with Gasteiger partial charge in [0.1, 0.15) is 5.82 Å². The van der Waals surface area contributed by atoms with E-state index in [1.807, 2.05) is 31.2 Å². The number of halogens is 2. The number of nitrogens with zero attached hydrogens (tertiary/aromatic N) is 2. The van der Waals surface area contributed by atoms with Gasteiger partial charge in [-0.2, -0.15) is 5.10 Å². The molecular formula is C11H11BrClN3. The van der Waals surface area contributed by atoms with Crippen molar-refractivity contribution in [3.63, 3.8) is 0 Å². The fraction of sp³-hybridized carbons (Fsp3) is 0.182. The van der Waals surface area contributed by atoms with Crippen molar-refractivity contribution in [2.45, 2.75) is 13.5 Å². The third kappa shape index (κ3) is 2.39. The molecule has 2 N–H and O–H groups in total. The lowest BCUT2D eigenvalue weighted by Crippen LogP contribution is -2.06. The van der Waals surface area contributed by atoms with Gasteiger partial charge in [-0.15, -0.1) is 0 Å². The molecule has 5 heteroatoms. The summed E-state index contributed by atoms with van der Waals surface area (Å²) in [5.74, 6) is 0.650. The Morgan fingerprint density at radius 3 is 2.75 bits per heavy atom. The molecule has 0 atom stereocenters. The van der Waals surface area contributed by atoms with Gasteiger partial charge in [-0.1, -0.05) is 33.6 Å². The van der Waals surface area contributed by atoms with Crippen molar-refractivity contribution in [2.75, 3.05) is 5.73 Å². The zero-order valence-corrected chi connectivity index (χ0v) is 11.1. The summed E-state index contributed by atoms with van der Waals surface area (Å²) in [5, 5.41) is 5.00. The molecule has 1 aromatic heterocycles. The highest BCUT2D eigenvalue weighted by atomic mass is 79.9. The lowest BCUT2D eigenvalue weighted by atomic mass is 10.2. The number of benzene rings is 1. The molecule has 0 aliphatic carbocycles. The second-order valence-corrected chi connectivity index (χ2v) is 4.93. The molecule has 0 radical (unpaired) electrons. The van der Waals surface area contributed by atoms with E-state index < -0.39 is 0 Å². The Morgan fingerprint density at radius 1 is 1.44 bits per heavy atom. The number of aromatic nitrogens is 2. The van der Waals surface area contributed by atoms with Gasteiger partial charge < -0.3 is 5.73 Å². The minimum Gasteiger partial charge on any atom is -0.384 e. The van der Waals surface area contributed by atoms with Gasteiger partial charge in [0.15, 0.2) is 0 Å². The van der Waals surface area contributed by atoms with Gasteiger partial charge in [0.25, 0.3) is 0 Å². The Hall–Kier alpha value is -1.00. The number of hydrogen-bond acceptors (Lipinski definition) is 2. The molecule has 0 spiro atoms. The van der Waals surface area contributed by atoms with E-state index in [1.165, 1.54) is 0 Å². The molecule has 0 unspecified atom stereocenters. The lowest BCUT2D eigenvalue weighted by Gasteiger charge is -2.06. The van der Waals surface area contributed by atoms with Crippen LogP contribution in [0, 0.1) is 6.92 Å². The third-order valence-corrected chi connectivity index (χ3v) is 3.11. The number of nitrogens with two attached hydrogens (primary N) is 1. The molecule has 0 saturated heterocycles. The Morgan fingerprint density at radius 2 is 2.19 bits per heavy atom. The maximum Gasteiger partial charge on any atom is 0.122 e. The first-order valence-electron chi connectivity index (χ1n) is 4.80. The molecule has 16 heavy (non-hydrogen) atoms. The molecule has 0 bridgehead atoms. The monoisotopic (exact) mass is 299 g/mol. The highest BCUT2D eigenvalue weighted by Crippen LogP contribution is 2.22. The minimum absolute atomic E-state index is 0.589. The molecule has 0 aliphatic rings. The van der Waals surface area contributed by atoms with Gasteiger partial charge in [-0.25, -0.2) is 4.68 Å². The molecule has 0 aliphatic heterocycles. The Kier molecular flexibility index (Phi) is 3.21. The van der Waals surface area contributed by atoms with Crippen LogP contribution in [-0.2, 0) is 6.54 Å². The van der Waals surface area contributed by atoms with Crippen molar-refractivity contribution in [3.05, 3.63) is 45.0 Å². The predicted molar refractivity (Wildman–Crippen MR) is 69.6 cm³/mol. The summed E-state index contributed by atoms with van der Waals surface area (Å²) < 4.78 is 2.70. The molecule has 2 aromatic rings. The van der Waals surface area contributed by atoms with Crippen molar-refractivity contribution in [1.29, 1.82) is 0 Å². The summed E-state index contributed by atoms with van der Waals surface area (Å²) in [6, 6.07) is 7.62. The van der Waals surface area contributed by atoms with Crippen LogP contribution in [0.2, 0.25) is 5.02 Å². The zero-order valence-electron chi connectivity index (χ0n) is 8.74. The van der Waals surface area contributed by atoms with E-state index in [4.69, 9.17) is 17.3 Å². The van der Waals surface area contributed by atoms with Gasteiger partial charge in [0.05, 0.1) is 12.2 Å². The molecule has 0 saturated carbocycles. The minimum atomic E-state index is 0.589. The molecule has 1 heterocycles. The summed E-state index contributed by atoms with van der Waals surface area (Å²) in [6.45, 7) is 2.50. The van der Waals surface area contributed by atoms with Crippen LogP contribution >= 0.6 is 27.5 Å². The Balaban J connectivity index is 2.30. The first kappa shape index (κ1) is 11.5. The van der Waals surface area contributed by atoms with Gasteiger partial charge in [0.2, 0.25) is 0 Å². The molecular weight excluding hydrogens is 289 g/mol. The van der Waals surface area contributed by atoms with E-state index in [-0.39, 0.29) is 0 Å². The highest BCUT2D eigenvalue weighted by Gasteiger charge is 2.06. The first-order valence-corrected chi connectivity index (χ1v) is 5.97. The second kappa shape index (κ2) is 4.47. The van der Waals surface area contributed by atoms with Gasteiger partial charge >= 0.3 is 0 Å². The number of aryl methyl sites for hydroxylation is 1. The maximum absolute atomic E-state index is 6.13. The summed E-state index contributed by atoms with van der Waals surface area (Å²) >= 11 is 9.50. The number of hydrogen-bond donors (Lipinski definition) is 1. The van der Waals surface area contributed by atoms with E-state index in [9.17, 15) is 0 Å². The van der Waals surface area contributed by atoms with Crippen LogP contribution in [0.25, 0.3) is 0 Å². The zero-order chi connectivity index (χ0) is 11.7. The maximum atomic E-state index is 6.13. The summed E-state index contributed by atoms with van der Waals surface area (Å²) in [6.07, 6.45) is 0. The van der Waals surface area contributed by atoms with Crippen LogP contribution < -0.4 is 5.73 Å². The average molecular weight is 301 g/mol. The van der Waals surface area contributed by atoms with Crippen LogP contribution in [0.1, 0.15) is 11.3 Å². The Bertz CT molecular complexity index is 522. The van der Waals surface area contributed by atoms with Crippen LogP contribution in [0.4, 0.5) is 5.82 Å². The van der Waals surface area contributed by atoms with Crippen molar-refractivity contribution >= 4 is 33.3 Å². The van der Waals surface area contributed by atoms with Crippen molar-refractivity contribution in [2.24, 2.45) is 0 Å². The molecule has 0 fully saturated rings. The summed E-state index contributed by atoms with van der Waals surface area (Å²) in [5.41, 5.74) is 7.73. The Labute approximate surface area is 107 Å². The molecule has 0 amide bonds. The average Bonchev–Trinajstić information content (AvgIpc) is 2.50. The van der Waals surface area contributed by atoms with Crippen molar-refractivity contribution in [3.8, 4) is 0 Å².